The monoisotopic (exact) mass is 566 g/mol. The van der Waals surface area contributed by atoms with Gasteiger partial charge in [0.05, 0.1) is 46.9 Å². The largest absolute Gasteiger partial charge is 0.389 e. The van der Waals surface area contributed by atoms with E-state index in [1.807, 2.05) is 13.8 Å². The standard InChI is InChI=1S/C25H32ClFN6O4S/c1-12(2)32-19-9-13(8-16(27)21(19)30-23(32)25(3,4)35)20-15(26)11-28-24(31-20)29-17-10-14-6-7-18(22(17)34)33(14)38(5,36)37/h8-9,11-12,14,17-18,22,34-35H,6-7,10H2,1-5H3,(H,28,29,31)/t14-,17-,18+,22+/m1/s1. The third-order valence-corrected chi connectivity index (χ3v) is 8.95. The van der Waals surface area contributed by atoms with Gasteiger partial charge in [-0.3, -0.25) is 0 Å². The summed E-state index contributed by atoms with van der Waals surface area (Å²) in [6, 6.07) is 1.75. The van der Waals surface area contributed by atoms with Crippen LogP contribution in [0.2, 0.25) is 5.02 Å². The number of aliphatic hydroxyl groups excluding tert-OH is 1. The molecule has 0 saturated carbocycles. The zero-order valence-electron chi connectivity index (χ0n) is 21.9. The van der Waals surface area contributed by atoms with Gasteiger partial charge in [-0.1, -0.05) is 11.6 Å². The number of nitrogens with one attached hydrogen (secondary N) is 1. The van der Waals surface area contributed by atoms with Crippen molar-refractivity contribution in [1.82, 2.24) is 23.8 Å². The highest BCUT2D eigenvalue weighted by Gasteiger charge is 2.50. The third kappa shape index (κ3) is 4.66. The van der Waals surface area contributed by atoms with Crippen LogP contribution in [0, 0.1) is 5.82 Å². The predicted molar refractivity (Wildman–Crippen MR) is 143 cm³/mol. The fourth-order valence-electron chi connectivity index (χ4n) is 5.84. The van der Waals surface area contributed by atoms with Gasteiger partial charge in [-0.05, 0) is 59.1 Å². The lowest BCUT2D eigenvalue weighted by atomic mass is 9.96. The summed E-state index contributed by atoms with van der Waals surface area (Å²) in [5.74, 6) is -0.0406. The number of halogens is 2. The molecule has 0 spiro atoms. The second-order valence-corrected chi connectivity index (χ2v) is 13.3. The Morgan fingerprint density at radius 3 is 2.58 bits per heavy atom. The number of imidazole rings is 1. The van der Waals surface area contributed by atoms with Crippen LogP contribution in [0.3, 0.4) is 0 Å². The maximum absolute atomic E-state index is 15.3. The van der Waals surface area contributed by atoms with Crippen LogP contribution in [-0.2, 0) is 15.6 Å². The molecular formula is C25H32ClFN6O4S. The third-order valence-electron chi connectivity index (χ3n) is 7.34. The van der Waals surface area contributed by atoms with E-state index in [9.17, 15) is 18.6 Å². The minimum atomic E-state index is -3.44. The number of sulfonamides is 1. The molecule has 2 aliphatic rings. The maximum atomic E-state index is 15.3. The highest BCUT2D eigenvalue weighted by molar-refractivity contribution is 7.88. The Bertz CT molecular complexity index is 1510. The lowest BCUT2D eigenvalue weighted by Gasteiger charge is -2.41. The number of hydrogen-bond donors (Lipinski definition) is 3. The molecule has 206 valence electrons. The number of nitrogens with zero attached hydrogens (tertiary/aromatic N) is 5. The van der Waals surface area contributed by atoms with Gasteiger partial charge in [-0.2, -0.15) is 4.31 Å². The molecule has 13 heteroatoms. The first kappa shape index (κ1) is 27.2. The van der Waals surface area contributed by atoms with E-state index in [0.717, 1.165) is 0 Å². The van der Waals surface area contributed by atoms with E-state index in [0.29, 0.717) is 36.2 Å². The summed E-state index contributed by atoms with van der Waals surface area (Å²) in [6.07, 6.45) is 3.29. The van der Waals surface area contributed by atoms with E-state index in [4.69, 9.17) is 11.6 Å². The fraction of sp³-hybridized carbons (Fsp3) is 0.560. The van der Waals surface area contributed by atoms with Crippen LogP contribution in [-0.4, -0.2) is 72.9 Å². The number of fused-ring (bicyclic) bond motifs is 3. The van der Waals surface area contributed by atoms with E-state index in [1.165, 1.54) is 22.8 Å². The molecule has 0 radical (unpaired) electrons. The van der Waals surface area contributed by atoms with Crippen LogP contribution in [0.15, 0.2) is 18.3 Å². The molecule has 4 heterocycles. The van der Waals surface area contributed by atoms with Gasteiger partial charge in [0.15, 0.2) is 5.82 Å². The maximum Gasteiger partial charge on any atom is 0.223 e. The topological polar surface area (TPSA) is 133 Å². The Labute approximate surface area is 225 Å². The smallest absolute Gasteiger partial charge is 0.223 e. The molecule has 1 aromatic carbocycles. The van der Waals surface area contributed by atoms with Gasteiger partial charge in [0.1, 0.15) is 16.9 Å². The Morgan fingerprint density at radius 1 is 1.24 bits per heavy atom. The van der Waals surface area contributed by atoms with Gasteiger partial charge in [0.2, 0.25) is 16.0 Å². The van der Waals surface area contributed by atoms with Crippen molar-refractivity contribution in [2.75, 3.05) is 11.6 Å². The van der Waals surface area contributed by atoms with Crippen molar-refractivity contribution < 1.29 is 23.0 Å². The lowest BCUT2D eigenvalue weighted by molar-refractivity contribution is 0.0472. The summed E-state index contributed by atoms with van der Waals surface area (Å²) in [5.41, 5.74) is 0.0436. The van der Waals surface area contributed by atoms with E-state index >= 15 is 4.39 Å². The van der Waals surface area contributed by atoms with Crippen molar-refractivity contribution in [2.45, 2.75) is 82.8 Å². The molecule has 2 saturated heterocycles. The zero-order valence-corrected chi connectivity index (χ0v) is 23.4. The Morgan fingerprint density at radius 2 is 1.95 bits per heavy atom. The van der Waals surface area contributed by atoms with Gasteiger partial charge in [0, 0.05) is 17.6 Å². The average molecular weight is 567 g/mol. The first-order chi connectivity index (χ1) is 17.7. The highest BCUT2D eigenvalue weighted by atomic mass is 35.5. The first-order valence-electron chi connectivity index (χ1n) is 12.6. The molecule has 2 fully saturated rings. The van der Waals surface area contributed by atoms with Crippen LogP contribution in [0.4, 0.5) is 10.3 Å². The molecule has 38 heavy (non-hydrogen) atoms. The summed E-state index contributed by atoms with van der Waals surface area (Å²) in [5, 5.41) is 25.0. The summed E-state index contributed by atoms with van der Waals surface area (Å²) in [4.78, 5) is 13.2. The number of aromatic nitrogens is 4. The number of aliphatic hydroxyl groups is 2. The quantitative estimate of drug-likeness (QED) is 0.413. The first-order valence-corrected chi connectivity index (χ1v) is 14.8. The van der Waals surface area contributed by atoms with Crippen molar-refractivity contribution in [3.8, 4) is 11.3 Å². The van der Waals surface area contributed by atoms with Crippen molar-refractivity contribution in [3.63, 3.8) is 0 Å². The molecule has 3 N–H and O–H groups in total. The van der Waals surface area contributed by atoms with E-state index in [-0.39, 0.29) is 34.3 Å². The van der Waals surface area contributed by atoms with E-state index in [1.54, 1.807) is 24.5 Å². The van der Waals surface area contributed by atoms with E-state index < -0.39 is 39.6 Å². The minimum Gasteiger partial charge on any atom is -0.389 e. The highest BCUT2D eigenvalue weighted by Crippen LogP contribution is 2.39. The van der Waals surface area contributed by atoms with Gasteiger partial charge in [-0.15, -0.1) is 0 Å². The van der Waals surface area contributed by atoms with Gasteiger partial charge in [-0.25, -0.2) is 27.8 Å². The number of rotatable bonds is 6. The molecule has 4 atom stereocenters. The molecule has 0 amide bonds. The van der Waals surface area contributed by atoms with Crippen molar-refractivity contribution in [1.29, 1.82) is 0 Å². The van der Waals surface area contributed by atoms with Crippen LogP contribution in [0.25, 0.3) is 22.3 Å². The SMILES string of the molecule is CC(C)n1c(C(C)(C)O)nc2c(F)cc(-c3nc(N[C@@H]4C[C@H]5CC[C@@H]([C@H]4O)N5S(C)(=O)=O)ncc3Cl)cc21. The second kappa shape index (κ2) is 9.37. The van der Waals surface area contributed by atoms with Crippen molar-refractivity contribution >= 4 is 38.6 Å². The molecule has 10 nitrogen and oxygen atoms in total. The number of piperidine rings is 1. The average Bonchev–Trinajstić information content (AvgIpc) is 3.37. The number of hydrogen-bond acceptors (Lipinski definition) is 8. The molecule has 0 unspecified atom stereocenters. The van der Waals surface area contributed by atoms with Crippen LogP contribution in [0.5, 0.6) is 0 Å². The Kier molecular flexibility index (Phi) is 6.71. The minimum absolute atomic E-state index is 0.108. The Balaban J connectivity index is 1.51. The van der Waals surface area contributed by atoms with Crippen molar-refractivity contribution in [2.24, 2.45) is 0 Å². The van der Waals surface area contributed by atoms with E-state index in [2.05, 4.69) is 20.3 Å². The molecule has 2 bridgehead atoms. The van der Waals surface area contributed by atoms with Gasteiger partial charge >= 0.3 is 0 Å². The summed E-state index contributed by atoms with van der Waals surface area (Å²) >= 11 is 6.45. The number of benzene rings is 1. The fourth-order valence-corrected chi connectivity index (χ4v) is 7.50. The molecule has 5 rings (SSSR count). The molecule has 2 aliphatic heterocycles. The Hall–Kier alpha value is -2.38. The van der Waals surface area contributed by atoms with Gasteiger partial charge in [0.25, 0.3) is 0 Å². The molecule has 2 aromatic heterocycles. The predicted octanol–water partition coefficient (Wildman–Crippen LogP) is 3.43. The van der Waals surface area contributed by atoms with Crippen molar-refractivity contribution in [3.05, 3.63) is 35.0 Å². The van der Waals surface area contributed by atoms with Crippen LogP contribution < -0.4 is 5.32 Å². The molecule has 0 aliphatic carbocycles. The number of anilines is 1. The summed E-state index contributed by atoms with van der Waals surface area (Å²) in [6.45, 7) is 7.06. The van der Waals surface area contributed by atoms with Gasteiger partial charge < -0.3 is 20.1 Å². The summed E-state index contributed by atoms with van der Waals surface area (Å²) < 4.78 is 43.0. The zero-order chi connectivity index (χ0) is 27.7. The second-order valence-electron chi connectivity index (χ2n) is 11.0. The molecule has 3 aromatic rings. The summed E-state index contributed by atoms with van der Waals surface area (Å²) in [7, 11) is -3.44. The molecular weight excluding hydrogens is 535 g/mol. The normalized spacial score (nSPS) is 24.5. The van der Waals surface area contributed by atoms with Crippen LogP contribution >= 0.6 is 11.6 Å². The lowest BCUT2D eigenvalue weighted by Crippen LogP contribution is -2.58. The van der Waals surface area contributed by atoms with Crippen LogP contribution in [0.1, 0.15) is 58.8 Å².